The summed E-state index contributed by atoms with van der Waals surface area (Å²) in [6.45, 7) is 5.72. The fourth-order valence-corrected chi connectivity index (χ4v) is 7.34. The van der Waals surface area contributed by atoms with Crippen LogP contribution in [0.25, 0.3) is 11.1 Å². The van der Waals surface area contributed by atoms with Crippen molar-refractivity contribution in [1.82, 2.24) is 0 Å². The molecule has 214 valence electrons. The third kappa shape index (κ3) is 4.90. The van der Waals surface area contributed by atoms with E-state index in [0.29, 0.717) is 31.7 Å². The summed E-state index contributed by atoms with van der Waals surface area (Å²) in [6, 6.07) is 18.9. The van der Waals surface area contributed by atoms with E-state index in [9.17, 15) is 9.90 Å². The Hall–Kier alpha value is -3.39. The molecule has 2 aliphatic heterocycles. The molecule has 2 aliphatic carbocycles. The normalized spacial score (nSPS) is 29.1. The summed E-state index contributed by atoms with van der Waals surface area (Å²) in [5.74, 6) is 2.06. The Labute approximate surface area is 240 Å². The predicted molar refractivity (Wildman–Crippen MR) is 153 cm³/mol. The van der Waals surface area contributed by atoms with Crippen molar-refractivity contribution in [3.8, 4) is 22.6 Å². The number of hydrogen-bond acceptors (Lipinski definition) is 6. The number of hydrogen-bond donors (Lipinski definition) is 1. The lowest BCUT2D eigenvalue weighted by molar-refractivity contribution is -0.137. The van der Waals surface area contributed by atoms with Gasteiger partial charge in [-0.2, -0.15) is 0 Å². The smallest absolute Gasteiger partial charge is 0.303 e. The fourth-order valence-electron chi connectivity index (χ4n) is 7.34. The van der Waals surface area contributed by atoms with Crippen molar-refractivity contribution in [2.24, 2.45) is 5.92 Å². The van der Waals surface area contributed by atoms with E-state index >= 15 is 0 Å². The zero-order valence-electron chi connectivity index (χ0n) is 23.7. The summed E-state index contributed by atoms with van der Waals surface area (Å²) in [5, 5.41) is 9.31. The van der Waals surface area contributed by atoms with Gasteiger partial charge in [0.2, 0.25) is 0 Å². The Kier molecular flexibility index (Phi) is 6.76. The van der Waals surface area contributed by atoms with Crippen LogP contribution >= 0.6 is 0 Å². The Morgan fingerprint density at radius 2 is 1.68 bits per heavy atom. The Bertz CT molecular complexity index is 1460. The Balaban J connectivity index is 1.03. The highest BCUT2D eigenvalue weighted by Gasteiger charge is 2.52. The standard InChI is InChI=1S/C34H36O7/c1-18-9-23(41-30-17-40-33-29(37-3)16-39-34(30)33)10-19(2)32(18)21-6-4-5-20(11-21)15-38-22-7-8-24-25(12-22)26-13-27(26)28(24)14-31(35)36/h4-12,26-30,33-34H,13-17H2,1-3H3,(H,35,36)/t26?,27?,28?,29-,30+,33-,34-/m1/s1. The van der Waals surface area contributed by atoms with Crippen molar-refractivity contribution in [1.29, 1.82) is 0 Å². The second-order valence-electron chi connectivity index (χ2n) is 11.9. The second kappa shape index (κ2) is 10.5. The summed E-state index contributed by atoms with van der Waals surface area (Å²) in [4.78, 5) is 11.3. The number of carboxylic acids is 1. The maximum atomic E-state index is 11.3. The van der Waals surface area contributed by atoms with E-state index in [0.717, 1.165) is 40.2 Å². The van der Waals surface area contributed by atoms with Crippen LogP contribution in [0.1, 0.15) is 52.5 Å². The number of carbonyl (C=O) groups is 1. The molecule has 7 rings (SSSR count). The van der Waals surface area contributed by atoms with E-state index < -0.39 is 5.97 Å². The molecule has 4 aliphatic rings. The molecule has 0 amide bonds. The van der Waals surface area contributed by atoms with Gasteiger partial charge in [0.25, 0.3) is 0 Å². The first-order chi connectivity index (χ1) is 19.9. The first kappa shape index (κ1) is 26.5. The highest BCUT2D eigenvalue weighted by atomic mass is 16.6. The van der Waals surface area contributed by atoms with Crippen LogP contribution in [0.15, 0.2) is 54.6 Å². The minimum absolute atomic E-state index is 0.0415. The molecule has 3 fully saturated rings. The zero-order valence-corrected chi connectivity index (χ0v) is 23.7. The van der Waals surface area contributed by atoms with Crippen LogP contribution in [0.4, 0.5) is 0 Å². The van der Waals surface area contributed by atoms with E-state index in [2.05, 4.69) is 62.4 Å². The summed E-state index contributed by atoms with van der Waals surface area (Å²) >= 11 is 0. The molecule has 7 atom stereocenters. The number of benzene rings is 3. The van der Waals surface area contributed by atoms with Gasteiger partial charge in [0, 0.05) is 7.11 Å². The van der Waals surface area contributed by atoms with E-state index in [-0.39, 0.29) is 36.8 Å². The summed E-state index contributed by atoms with van der Waals surface area (Å²) in [7, 11) is 1.69. The molecule has 7 heteroatoms. The number of aryl methyl sites for hydroxylation is 2. The highest BCUT2D eigenvalue weighted by molar-refractivity contribution is 5.72. The Morgan fingerprint density at radius 1 is 0.927 bits per heavy atom. The molecule has 7 nitrogen and oxygen atoms in total. The van der Waals surface area contributed by atoms with Gasteiger partial charge in [0.15, 0.2) is 6.10 Å². The second-order valence-corrected chi connectivity index (χ2v) is 11.9. The summed E-state index contributed by atoms with van der Waals surface area (Å²) in [5.41, 5.74) is 8.18. The van der Waals surface area contributed by atoms with Gasteiger partial charge in [-0.3, -0.25) is 4.79 Å². The van der Waals surface area contributed by atoms with Gasteiger partial charge >= 0.3 is 5.97 Å². The van der Waals surface area contributed by atoms with Crippen molar-refractivity contribution in [2.75, 3.05) is 20.3 Å². The third-order valence-corrected chi connectivity index (χ3v) is 9.29. The van der Waals surface area contributed by atoms with Gasteiger partial charge in [-0.1, -0.05) is 24.3 Å². The molecule has 1 N–H and O–H groups in total. The Morgan fingerprint density at radius 3 is 2.44 bits per heavy atom. The van der Waals surface area contributed by atoms with E-state index in [1.54, 1.807) is 7.11 Å². The largest absolute Gasteiger partial charge is 0.489 e. The van der Waals surface area contributed by atoms with Gasteiger partial charge in [-0.05, 0) is 107 Å². The van der Waals surface area contributed by atoms with Crippen molar-refractivity contribution in [3.63, 3.8) is 0 Å². The zero-order chi connectivity index (χ0) is 28.2. The minimum atomic E-state index is -0.720. The maximum absolute atomic E-state index is 11.3. The van der Waals surface area contributed by atoms with Crippen LogP contribution in [0.3, 0.4) is 0 Å². The van der Waals surface area contributed by atoms with Gasteiger partial charge in [-0.15, -0.1) is 0 Å². The quantitative estimate of drug-likeness (QED) is 0.358. The van der Waals surface area contributed by atoms with E-state index in [4.69, 9.17) is 23.7 Å². The molecule has 41 heavy (non-hydrogen) atoms. The first-order valence-corrected chi connectivity index (χ1v) is 14.5. The number of aliphatic carboxylic acids is 1. The SMILES string of the molecule is CO[C@@H]1CO[C@H]2[C@@H]1OC[C@@H]2Oc1cc(C)c(-c2cccc(COc3ccc4c(c3)C3CC3C4CC(=O)O)c2)c(C)c1. The number of rotatable bonds is 9. The van der Waals surface area contributed by atoms with Crippen LogP contribution in [0, 0.1) is 19.8 Å². The van der Waals surface area contributed by atoms with Gasteiger partial charge < -0.3 is 28.8 Å². The van der Waals surface area contributed by atoms with Crippen molar-refractivity contribution in [2.45, 2.75) is 69.5 Å². The van der Waals surface area contributed by atoms with Gasteiger partial charge in [-0.25, -0.2) is 0 Å². The monoisotopic (exact) mass is 556 g/mol. The average molecular weight is 557 g/mol. The lowest BCUT2D eigenvalue weighted by Gasteiger charge is -2.20. The average Bonchev–Trinajstić information content (AvgIpc) is 3.34. The minimum Gasteiger partial charge on any atom is -0.489 e. The lowest BCUT2D eigenvalue weighted by atomic mass is 9.93. The molecule has 2 heterocycles. The molecule has 3 aromatic rings. The van der Waals surface area contributed by atoms with E-state index in [1.165, 1.54) is 16.7 Å². The molecule has 3 aromatic carbocycles. The van der Waals surface area contributed by atoms with Crippen LogP contribution in [0.2, 0.25) is 0 Å². The van der Waals surface area contributed by atoms with Crippen molar-refractivity contribution in [3.05, 3.63) is 82.4 Å². The molecule has 2 saturated heterocycles. The number of ether oxygens (including phenoxy) is 5. The molecule has 0 spiro atoms. The van der Waals surface area contributed by atoms with Crippen LogP contribution in [-0.4, -0.2) is 55.8 Å². The molecule has 3 unspecified atom stereocenters. The highest BCUT2D eigenvalue weighted by Crippen LogP contribution is 2.64. The molecule has 0 radical (unpaired) electrons. The van der Waals surface area contributed by atoms with Gasteiger partial charge in [0.05, 0.1) is 19.6 Å². The lowest BCUT2D eigenvalue weighted by Crippen LogP contribution is -2.35. The topological polar surface area (TPSA) is 83.5 Å². The van der Waals surface area contributed by atoms with Crippen LogP contribution in [-0.2, 0) is 25.6 Å². The first-order valence-electron chi connectivity index (χ1n) is 14.5. The molecular formula is C34H36O7. The van der Waals surface area contributed by atoms with Crippen LogP contribution < -0.4 is 9.47 Å². The van der Waals surface area contributed by atoms with Crippen molar-refractivity contribution >= 4 is 5.97 Å². The summed E-state index contributed by atoms with van der Waals surface area (Å²) in [6.07, 6.45) is 0.925. The number of carboxylic acid groups (broad SMARTS) is 1. The molecular weight excluding hydrogens is 520 g/mol. The molecule has 0 aromatic heterocycles. The van der Waals surface area contributed by atoms with E-state index in [1.807, 2.05) is 6.07 Å². The van der Waals surface area contributed by atoms with Crippen molar-refractivity contribution < 1.29 is 33.6 Å². The molecule has 1 saturated carbocycles. The third-order valence-electron chi connectivity index (χ3n) is 9.29. The number of fused-ring (bicyclic) bond motifs is 4. The summed E-state index contributed by atoms with van der Waals surface area (Å²) < 4.78 is 29.9. The van der Waals surface area contributed by atoms with Crippen LogP contribution in [0.5, 0.6) is 11.5 Å². The molecule has 0 bridgehead atoms. The fraction of sp³-hybridized carbons (Fsp3) is 0.441. The number of methoxy groups -OCH3 is 1. The van der Waals surface area contributed by atoms with Gasteiger partial charge in [0.1, 0.15) is 36.4 Å². The maximum Gasteiger partial charge on any atom is 0.303 e. The predicted octanol–water partition coefficient (Wildman–Crippen LogP) is 5.78.